The summed E-state index contributed by atoms with van der Waals surface area (Å²) < 4.78 is 0. The van der Waals surface area contributed by atoms with E-state index in [0.29, 0.717) is 0 Å². The predicted octanol–water partition coefficient (Wildman–Crippen LogP) is 0.593. The Labute approximate surface area is 45.1 Å². The first-order valence-electron chi connectivity index (χ1n) is 1.20. The smallest absolute Gasteiger partial charge is 0.300 e. The molecule has 0 atom stereocenters. The summed E-state index contributed by atoms with van der Waals surface area (Å²) in [5, 5.41) is 0. The van der Waals surface area contributed by atoms with Crippen molar-refractivity contribution in [1.82, 2.24) is 0 Å². The molecule has 0 saturated heterocycles. The van der Waals surface area contributed by atoms with Gasteiger partial charge in [0.05, 0.1) is 0 Å². The van der Waals surface area contributed by atoms with Crippen LogP contribution in [0.3, 0.4) is 0 Å². The van der Waals surface area contributed by atoms with Crippen molar-refractivity contribution in [3.63, 3.8) is 0 Å². The Morgan fingerprint density at radius 2 is 1.40 bits per heavy atom. The molecular weight excluding hydrogens is 244 g/mol. The van der Waals surface area contributed by atoms with Gasteiger partial charge in [-0.05, 0) is 13.8 Å². The van der Waals surface area contributed by atoms with E-state index in [2.05, 4.69) is 0 Å². The molecule has 5 heavy (non-hydrogen) atoms. The summed E-state index contributed by atoms with van der Waals surface area (Å²) >= 11 is 0. The molecule has 0 bridgehead atoms. The maximum Gasteiger partial charge on any atom is 3.00 e. The first kappa shape index (κ1) is 9.01. The molecule has 0 aliphatic carbocycles. The van der Waals surface area contributed by atoms with E-state index in [-0.39, 0.29) is 25.9 Å². The van der Waals surface area contributed by atoms with Gasteiger partial charge in [0.15, 0.2) is 0 Å². The Balaban J connectivity index is 0. The molecule has 0 aromatic carbocycles. The average Bonchev–Trinajstić information content (AvgIpc) is 0.811. The number of Topliss-reactive ketones (excluding diaryl/α,β-unsaturated/α-hetero) is 1. The number of carbonyl (C=O) groups is 1. The number of hydrogen-bond donors (Lipinski definition) is 0. The molecule has 0 aliphatic heterocycles. The van der Waals surface area contributed by atoms with Gasteiger partial charge in [-0.15, -0.1) is 0 Å². The summed E-state index contributed by atoms with van der Waals surface area (Å²) in [6.07, 6.45) is 0. The molecule has 2 heteroatoms. The Morgan fingerprint density at radius 3 is 1.40 bits per heavy atom. The maximum atomic E-state index is 9.44. The topological polar surface area (TPSA) is 17.1 Å². The molecule has 0 heterocycles. The summed E-state index contributed by atoms with van der Waals surface area (Å²) in [5.74, 6) is 0.167. The summed E-state index contributed by atoms with van der Waals surface area (Å²) in [6, 6.07) is 0. The first-order chi connectivity index (χ1) is 1.73. The third-order valence-electron chi connectivity index (χ3n) is 0. The Morgan fingerprint density at radius 1 is 1.40 bits per heavy atom. The van der Waals surface area contributed by atoms with E-state index in [1.165, 1.54) is 13.8 Å². The van der Waals surface area contributed by atoms with Crippen molar-refractivity contribution in [2.75, 3.05) is 0 Å². The molecule has 0 amide bonds. The van der Waals surface area contributed by atoms with Crippen molar-refractivity contribution in [3.05, 3.63) is 0 Å². The number of carbonyl (C=O) groups excluding carboxylic acids is 1. The van der Waals surface area contributed by atoms with Gasteiger partial charge in [-0.1, -0.05) is 0 Å². The fourth-order valence-electron chi connectivity index (χ4n) is 0. The molecule has 0 N–H and O–H groups in total. The number of rotatable bonds is 0. The monoisotopic (exact) mass is 251 g/mol. The molecule has 0 aromatic heterocycles. The van der Waals surface area contributed by atoms with Crippen LogP contribution in [-0.4, -0.2) is 5.78 Å². The van der Waals surface area contributed by atoms with Gasteiger partial charge in [-0.25, -0.2) is 0 Å². The molecule has 0 aliphatic rings. The summed E-state index contributed by atoms with van der Waals surface area (Å²) in [5.41, 5.74) is 0. The van der Waals surface area contributed by atoms with Crippen LogP contribution in [0.5, 0.6) is 0 Å². The summed E-state index contributed by atoms with van der Waals surface area (Å²) in [6.45, 7) is 3.06. The fourth-order valence-corrected chi connectivity index (χ4v) is 0. The SMILES string of the molecule is CC(C)=O.[Ir+3]. The van der Waals surface area contributed by atoms with Crippen molar-refractivity contribution in [2.45, 2.75) is 13.8 Å². The van der Waals surface area contributed by atoms with E-state index < -0.39 is 0 Å². The predicted molar refractivity (Wildman–Crippen MR) is 16.4 cm³/mol. The van der Waals surface area contributed by atoms with Crippen LogP contribution >= 0.6 is 0 Å². The minimum Gasteiger partial charge on any atom is -0.300 e. The molecule has 0 unspecified atom stereocenters. The molecule has 0 rings (SSSR count). The number of ketones is 1. The van der Waals surface area contributed by atoms with Crippen LogP contribution in [0.15, 0.2) is 0 Å². The maximum absolute atomic E-state index is 9.44. The normalized spacial score (nSPS) is 5.20. The third-order valence-corrected chi connectivity index (χ3v) is 0. The first-order valence-corrected chi connectivity index (χ1v) is 1.20. The third kappa shape index (κ3) is 228. The van der Waals surface area contributed by atoms with Crippen molar-refractivity contribution in [3.8, 4) is 0 Å². The van der Waals surface area contributed by atoms with Crippen molar-refractivity contribution in [1.29, 1.82) is 0 Å². The minimum atomic E-state index is 0. The standard InChI is InChI=1S/C3H6O.Ir/c1-3(2)4;/h1-2H3;/q;+3. The molecule has 1 nitrogen and oxygen atoms in total. The van der Waals surface area contributed by atoms with Crippen LogP contribution in [0, 0.1) is 0 Å². The van der Waals surface area contributed by atoms with Gasteiger partial charge in [0.25, 0.3) is 0 Å². The van der Waals surface area contributed by atoms with Gasteiger partial charge in [-0.3, -0.25) is 0 Å². The molecule has 0 saturated carbocycles. The van der Waals surface area contributed by atoms with Crippen molar-refractivity contribution in [2.24, 2.45) is 0 Å². The van der Waals surface area contributed by atoms with Crippen molar-refractivity contribution < 1.29 is 24.9 Å². The van der Waals surface area contributed by atoms with Crippen LogP contribution in [-0.2, 0) is 24.9 Å². The van der Waals surface area contributed by atoms with E-state index in [1.54, 1.807) is 0 Å². The quantitative estimate of drug-likeness (QED) is 0.615. The molecular formula is C3H6IrO+3. The van der Waals surface area contributed by atoms with E-state index >= 15 is 0 Å². The van der Waals surface area contributed by atoms with Crippen LogP contribution in [0.1, 0.15) is 13.8 Å². The molecule has 0 fully saturated rings. The van der Waals surface area contributed by atoms with Crippen LogP contribution < -0.4 is 0 Å². The van der Waals surface area contributed by atoms with Gasteiger partial charge in [0, 0.05) is 0 Å². The Bertz CT molecular complexity index is 29.9. The van der Waals surface area contributed by atoms with Gasteiger partial charge < -0.3 is 4.79 Å². The van der Waals surface area contributed by atoms with Crippen LogP contribution in [0.2, 0.25) is 0 Å². The van der Waals surface area contributed by atoms with Gasteiger partial charge in [-0.2, -0.15) is 0 Å². The van der Waals surface area contributed by atoms with Crippen LogP contribution in [0.25, 0.3) is 0 Å². The average molecular weight is 250 g/mol. The van der Waals surface area contributed by atoms with E-state index in [0.717, 1.165) is 0 Å². The van der Waals surface area contributed by atoms with Crippen LogP contribution in [0.4, 0.5) is 0 Å². The summed E-state index contributed by atoms with van der Waals surface area (Å²) in [4.78, 5) is 9.44. The van der Waals surface area contributed by atoms with Gasteiger partial charge in [0.2, 0.25) is 0 Å². The molecule has 0 radical (unpaired) electrons. The molecule has 0 aromatic rings. The Hall–Kier alpha value is 0.319. The summed E-state index contributed by atoms with van der Waals surface area (Å²) in [7, 11) is 0. The second kappa shape index (κ2) is 4.32. The molecule has 30 valence electrons. The second-order valence-corrected chi connectivity index (χ2v) is 0.908. The van der Waals surface area contributed by atoms with E-state index in [9.17, 15) is 4.79 Å². The Kier molecular flexibility index (Phi) is 7.78. The largest absolute Gasteiger partial charge is 3.00 e. The minimum absolute atomic E-state index is 0. The van der Waals surface area contributed by atoms with Gasteiger partial charge in [0.1, 0.15) is 5.78 Å². The zero-order valence-corrected chi connectivity index (χ0v) is 5.64. The van der Waals surface area contributed by atoms with E-state index in [1.807, 2.05) is 0 Å². The fraction of sp³-hybridized carbons (Fsp3) is 0.667. The number of hydrogen-bond acceptors (Lipinski definition) is 1. The van der Waals surface area contributed by atoms with Crippen molar-refractivity contribution >= 4 is 5.78 Å². The van der Waals surface area contributed by atoms with Gasteiger partial charge >= 0.3 is 20.1 Å². The second-order valence-electron chi connectivity index (χ2n) is 0.908. The zero-order chi connectivity index (χ0) is 3.58. The molecule has 0 spiro atoms. The van der Waals surface area contributed by atoms with E-state index in [4.69, 9.17) is 0 Å². The zero-order valence-electron chi connectivity index (χ0n) is 3.24.